The van der Waals surface area contributed by atoms with Gasteiger partial charge in [-0.15, -0.1) is 0 Å². The van der Waals surface area contributed by atoms with Crippen LogP contribution in [0.5, 0.6) is 11.5 Å². The molecular formula is C17H16N2O2. The van der Waals surface area contributed by atoms with Crippen LogP contribution in [0.2, 0.25) is 0 Å². The number of nitrogens with two attached hydrogens (primary N) is 1. The highest BCUT2D eigenvalue weighted by molar-refractivity contribution is 5.76. The molecule has 0 atom stereocenters. The number of aromatic nitrogens is 1. The topological polar surface area (TPSA) is 48.9 Å². The van der Waals surface area contributed by atoms with E-state index in [0.717, 1.165) is 23.5 Å². The molecule has 2 N–H and O–H groups in total. The molecule has 3 aromatic rings. The molecule has 0 spiro atoms. The molecular weight excluding hydrogens is 264 g/mol. The van der Waals surface area contributed by atoms with Gasteiger partial charge in [0, 0.05) is 29.4 Å². The fourth-order valence-electron chi connectivity index (χ4n) is 2.89. The van der Waals surface area contributed by atoms with Gasteiger partial charge in [-0.05, 0) is 42.4 Å². The Morgan fingerprint density at radius 2 is 1.95 bits per heavy atom. The Kier molecular flexibility index (Phi) is 2.82. The lowest BCUT2D eigenvalue weighted by atomic mass is 10.0. The first-order valence-corrected chi connectivity index (χ1v) is 7.06. The third-order valence-corrected chi connectivity index (χ3v) is 3.85. The first-order chi connectivity index (χ1) is 10.4. The SMILES string of the molecule is NCCc1c(-c2ccc3c(c2)OCO3)cc2ccccn12. The molecule has 0 fully saturated rings. The summed E-state index contributed by atoms with van der Waals surface area (Å²) in [6, 6.07) is 14.5. The molecule has 0 radical (unpaired) electrons. The third kappa shape index (κ3) is 1.96. The average molecular weight is 280 g/mol. The maximum atomic E-state index is 5.79. The first-order valence-electron chi connectivity index (χ1n) is 7.06. The number of fused-ring (bicyclic) bond motifs is 2. The van der Waals surface area contributed by atoms with Crippen molar-refractivity contribution in [1.82, 2.24) is 4.40 Å². The molecule has 1 aliphatic rings. The summed E-state index contributed by atoms with van der Waals surface area (Å²) >= 11 is 0. The van der Waals surface area contributed by atoms with Crippen LogP contribution in [0.25, 0.3) is 16.6 Å². The number of pyridine rings is 1. The maximum absolute atomic E-state index is 5.79. The zero-order valence-electron chi connectivity index (χ0n) is 11.6. The highest BCUT2D eigenvalue weighted by Crippen LogP contribution is 2.37. The Morgan fingerprint density at radius 3 is 2.86 bits per heavy atom. The van der Waals surface area contributed by atoms with E-state index in [0.29, 0.717) is 13.3 Å². The molecule has 2 aromatic heterocycles. The van der Waals surface area contributed by atoms with Gasteiger partial charge in [0.1, 0.15) is 0 Å². The van der Waals surface area contributed by atoms with Crippen LogP contribution in [0.4, 0.5) is 0 Å². The van der Waals surface area contributed by atoms with Gasteiger partial charge in [0.05, 0.1) is 0 Å². The van der Waals surface area contributed by atoms with E-state index < -0.39 is 0 Å². The van der Waals surface area contributed by atoms with E-state index in [-0.39, 0.29) is 0 Å². The summed E-state index contributed by atoms with van der Waals surface area (Å²) in [6.07, 6.45) is 2.92. The summed E-state index contributed by atoms with van der Waals surface area (Å²) in [7, 11) is 0. The normalized spacial score (nSPS) is 13.0. The Labute approximate surface area is 122 Å². The fourth-order valence-corrected chi connectivity index (χ4v) is 2.89. The highest BCUT2D eigenvalue weighted by atomic mass is 16.7. The number of hydrogen-bond acceptors (Lipinski definition) is 3. The Hall–Kier alpha value is -2.46. The molecule has 3 heterocycles. The summed E-state index contributed by atoms with van der Waals surface area (Å²) in [5, 5.41) is 0. The minimum absolute atomic E-state index is 0.298. The molecule has 1 aliphatic heterocycles. The van der Waals surface area contributed by atoms with Crippen molar-refractivity contribution in [1.29, 1.82) is 0 Å². The lowest BCUT2D eigenvalue weighted by molar-refractivity contribution is 0.174. The van der Waals surface area contributed by atoms with Crippen LogP contribution in [0.1, 0.15) is 5.69 Å². The molecule has 21 heavy (non-hydrogen) atoms. The highest BCUT2D eigenvalue weighted by Gasteiger charge is 2.17. The number of hydrogen-bond donors (Lipinski definition) is 1. The lowest BCUT2D eigenvalue weighted by Crippen LogP contribution is -2.06. The van der Waals surface area contributed by atoms with Crippen molar-refractivity contribution < 1.29 is 9.47 Å². The Bertz CT molecular complexity index is 808. The summed E-state index contributed by atoms with van der Waals surface area (Å²) < 4.78 is 13.1. The molecule has 1 aromatic carbocycles. The molecule has 4 nitrogen and oxygen atoms in total. The smallest absolute Gasteiger partial charge is 0.231 e. The van der Waals surface area contributed by atoms with Gasteiger partial charge in [-0.25, -0.2) is 0 Å². The zero-order chi connectivity index (χ0) is 14.2. The van der Waals surface area contributed by atoms with Gasteiger partial charge in [0.15, 0.2) is 11.5 Å². The Morgan fingerprint density at radius 1 is 1.05 bits per heavy atom. The molecule has 106 valence electrons. The molecule has 4 heteroatoms. The van der Waals surface area contributed by atoms with Gasteiger partial charge in [-0.2, -0.15) is 0 Å². The molecule has 0 bridgehead atoms. The van der Waals surface area contributed by atoms with Gasteiger partial charge in [0.25, 0.3) is 0 Å². The third-order valence-electron chi connectivity index (χ3n) is 3.85. The molecule has 0 saturated carbocycles. The van der Waals surface area contributed by atoms with E-state index in [1.165, 1.54) is 16.8 Å². The number of benzene rings is 1. The van der Waals surface area contributed by atoms with E-state index in [2.05, 4.69) is 28.8 Å². The van der Waals surface area contributed by atoms with E-state index in [1.807, 2.05) is 24.3 Å². The van der Waals surface area contributed by atoms with Crippen molar-refractivity contribution in [2.45, 2.75) is 6.42 Å². The molecule has 0 amide bonds. The molecule has 0 saturated heterocycles. The summed E-state index contributed by atoms with van der Waals surface area (Å²) in [4.78, 5) is 0. The molecule has 4 rings (SSSR count). The van der Waals surface area contributed by atoms with Gasteiger partial charge in [-0.1, -0.05) is 12.1 Å². The second-order valence-electron chi connectivity index (χ2n) is 5.11. The monoisotopic (exact) mass is 280 g/mol. The van der Waals surface area contributed by atoms with Crippen molar-refractivity contribution >= 4 is 5.52 Å². The second-order valence-corrected chi connectivity index (χ2v) is 5.11. The summed E-state index contributed by atoms with van der Waals surface area (Å²) in [5.74, 6) is 1.62. The average Bonchev–Trinajstić information content (AvgIpc) is 3.11. The summed E-state index contributed by atoms with van der Waals surface area (Å²) in [5.41, 5.74) is 10.5. The lowest BCUT2D eigenvalue weighted by Gasteiger charge is -2.06. The zero-order valence-corrected chi connectivity index (χ0v) is 11.6. The minimum Gasteiger partial charge on any atom is -0.454 e. The van der Waals surface area contributed by atoms with Gasteiger partial charge in [0.2, 0.25) is 6.79 Å². The van der Waals surface area contributed by atoms with Crippen molar-refractivity contribution in [3.8, 4) is 22.6 Å². The van der Waals surface area contributed by atoms with Crippen LogP contribution < -0.4 is 15.2 Å². The summed E-state index contributed by atoms with van der Waals surface area (Å²) in [6.45, 7) is 0.921. The van der Waals surface area contributed by atoms with Gasteiger partial charge >= 0.3 is 0 Å². The van der Waals surface area contributed by atoms with E-state index in [4.69, 9.17) is 15.2 Å². The van der Waals surface area contributed by atoms with Crippen molar-refractivity contribution in [2.24, 2.45) is 5.73 Å². The number of rotatable bonds is 3. The van der Waals surface area contributed by atoms with Crippen LogP contribution in [0, 0.1) is 0 Å². The van der Waals surface area contributed by atoms with Crippen molar-refractivity contribution in [3.63, 3.8) is 0 Å². The minimum atomic E-state index is 0.298. The van der Waals surface area contributed by atoms with Crippen molar-refractivity contribution in [3.05, 3.63) is 54.4 Å². The van der Waals surface area contributed by atoms with Crippen LogP contribution in [0.3, 0.4) is 0 Å². The number of ether oxygens (including phenoxy) is 2. The van der Waals surface area contributed by atoms with Crippen LogP contribution in [0.15, 0.2) is 48.7 Å². The largest absolute Gasteiger partial charge is 0.454 e. The van der Waals surface area contributed by atoms with Gasteiger partial charge in [-0.3, -0.25) is 0 Å². The molecule has 0 aliphatic carbocycles. The van der Waals surface area contributed by atoms with Gasteiger partial charge < -0.3 is 19.6 Å². The fraction of sp³-hybridized carbons (Fsp3) is 0.176. The molecule has 0 unspecified atom stereocenters. The predicted molar refractivity (Wildman–Crippen MR) is 81.7 cm³/mol. The predicted octanol–water partition coefficient (Wildman–Crippen LogP) is 2.84. The maximum Gasteiger partial charge on any atom is 0.231 e. The second kappa shape index (κ2) is 4.82. The van der Waals surface area contributed by atoms with Crippen LogP contribution in [-0.2, 0) is 6.42 Å². The van der Waals surface area contributed by atoms with Crippen LogP contribution >= 0.6 is 0 Å². The van der Waals surface area contributed by atoms with Crippen LogP contribution in [-0.4, -0.2) is 17.7 Å². The Balaban J connectivity index is 1.91. The van der Waals surface area contributed by atoms with E-state index in [9.17, 15) is 0 Å². The number of nitrogens with zero attached hydrogens (tertiary/aromatic N) is 1. The quantitative estimate of drug-likeness (QED) is 0.802. The standard InChI is InChI=1S/C17H16N2O2/c18-7-6-15-14(10-13-3-1-2-8-19(13)15)12-4-5-16-17(9-12)21-11-20-16/h1-5,8-10H,6-7,11,18H2. The van der Waals surface area contributed by atoms with E-state index >= 15 is 0 Å². The van der Waals surface area contributed by atoms with E-state index in [1.54, 1.807) is 0 Å². The first kappa shape index (κ1) is 12.3. The van der Waals surface area contributed by atoms with Crippen molar-refractivity contribution in [2.75, 3.05) is 13.3 Å².